The van der Waals surface area contributed by atoms with E-state index < -0.39 is 30.2 Å². The summed E-state index contributed by atoms with van der Waals surface area (Å²) in [4.78, 5) is 69.7. The second-order valence-electron chi connectivity index (χ2n) is 14.3. The number of nitrogens with zero attached hydrogens (tertiary/aromatic N) is 4. The Morgan fingerprint density at radius 1 is 0.759 bits per heavy atom. The normalized spacial score (nSPS) is 18.7. The van der Waals surface area contributed by atoms with Crippen LogP contribution in [0.3, 0.4) is 0 Å². The molecule has 2 saturated heterocycles. The number of carboxylic acid groups (broad SMARTS) is 1. The highest BCUT2D eigenvalue weighted by molar-refractivity contribution is 5.87. The SMILES string of the molecule is COC(=O)N[C@H](C(=O)N1CCCC1c1ncc(-c2ccc(-c3ccc(-c4cnc([C@@H]5CCCN5C(=O)[C@@H](NC(=O)O)C(C)C)[nH]4)cc3)cc2)[nH]1)[C@@H](C)CO. The topological polar surface area (TPSA) is 206 Å². The molecule has 5 atom stereocenters. The van der Waals surface area contributed by atoms with Gasteiger partial charge in [0.15, 0.2) is 0 Å². The van der Waals surface area contributed by atoms with Crippen molar-refractivity contribution in [2.45, 2.75) is 70.6 Å². The van der Waals surface area contributed by atoms with Gasteiger partial charge in [-0.2, -0.15) is 0 Å². The number of rotatable bonds is 12. The fourth-order valence-electron chi connectivity index (χ4n) is 7.36. The van der Waals surface area contributed by atoms with E-state index >= 15 is 0 Å². The first kappa shape index (κ1) is 38.0. The number of nitrogens with one attached hydrogen (secondary N) is 4. The zero-order chi connectivity index (χ0) is 38.5. The van der Waals surface area contributed by atoms with E-state index in [0.29, 0.717) is 24.7 Å². The number of carbonyl (C=O) groups excluding carboxylic acids is 3. The molecule has 15 nitrogen and oxygen atoms in total. The minimum Gasteiger partial charge on any atom is -0.465 e. The number of carbonyl (C=O) groups is 4. The lowest BCUT2D eigenvalue weighted by Gasteiger charge is -2.30. The summed E-state index contributed by atoms with van der Waals surface area (Å²) >= 11 is 0. The number of hydrogen-bond acceptors (Lipinski definition) is 8. The van der Waals surface area contributed by atoms with Crippen LogP contribution < -0.4 is 10.6 Å². The lowest BCUT2D eigenvalue weighted by atomic mass is 10.0. The number of likely N-dealkylation sites (tertiary alicyclic amines) is 2. The highest BCUT2D eigenvalue weighted by Gasteiger charge is 2.39. The zero-order valence-electron chi connectivity index (χ0n) is 30.9. The standard InChI is InChI=1S/C39H48N8O7/c1-22(2)32(44-38(51)52)36(49)46-17-5-7-30(46)34-40-19-28(42-34)26-13-9-24(10-14-26)25-11-15-27(16-12-25)29-20-41-35(43-29)31-8-6-18-47(31)37(50)33(23(3)21-48)45-39(53)54-4/h9-16,19-20,22-23,30-33,44,48H,5-8,17-18,21H2,1-4H3,(H,40,42)(H,41,43)(H,45,53)(H,51,52)/t23-,30-,31?,32-,33-/m0/s1. The Morgan fingerprint density at radius 2 is 1.20 bits per heavy atom. The molecule has 286 valence electrons. The molecule has 2 aromatic heterocycles. The van der Waals surface area contributed by atoms with Gasteiger partial charge in [-0.25, -0.2) is 19.6 Å². The summed E-state index contributed by atoms with van der Waals surface area (Å²) in [5.74, 6) is 0.122. The van der Waals surface area contributed by atoms with Gasteiger partial charge in [-0.3, -0.25) is 9.59 Å². The van der Waals surface area contributed by atoms with Crippen molar-refractivity contribution in [2.24, 2.45) is 11.8 Å². The number of alkyl carbamates (subject to hydrolysis) is 1. The molecule has 2 fully saturated rings. The molecule has 0 spiro atoms. The maximum Gasteiger partial charge on any atom is 0.407 e. The van der Waals surface area contributed by atoms with E-state index in [1.54, 1.807) is 29.1 Å². The van der Waals surface area contributed by atoms with Gasteiger partial charge in [0, 0.05) is 25.6 Å². The average molecular weight is 741 g/mol. The summed E-state index contributed by atoms with van der Waals surface area (Å²) in [5.41, 5.74) is 5.58. The third-order valence-corrected chi connectivity index (χ3v) is 10.4. The maximum atomic E-state index is 13.6. The minimum atomic E-state index is -1.22. The van der Waals surface area contributed by atoms with Crippen molar-refractivity contribution in [3.05, 3.63) is 72.6 Å². The van der Waals surface area contributed by atoms with Gasteiger partial charge in [-0.15, -0.1) is 0 Å². The highest BCUT2D eigenvalue weighted by atomic mass is 16.5. The molecule has 0 radical (unpaired) electrons. The Kier molecular flexibility index (Phi) is 11.6. The molecule has 6 N–H and O–H groups in total. The first-order valence-corrected chi connectivity index (χ1v) is 18.4. The van der Waals surface area contributed by atoms with Crippen molar-refractivity contribution in [3.8, 4) is 33.6 Å². The zero-order valence-corrected chi connectivity index (χ0v) is 30.9. The monoisotopic (exact) mass is 740 g/mol. The van der Waals surface area contributed by atoms with E-state index in [1.165, 1.54) is 7.11 Å². The Balaban J connectivity index is 1.11. The number of ether oxygens (including phenoxy) is 1. The summed E-state index contributed by atoms with van der Waals surface area (Å²) in [5, 5.41) is 24.0. The van der Waals surface area contributed by atoms with E-state index in [1.807, 2.05) is 62.4 Å². The van der Waals surface area contributed by atoms with Crippen LogP contribution in [0.1, 0.15) is 70.2 Å². The second-order valence-corrected chi connectivity index (χ2v) is 14.3. The molecule has 15 heteroatoms. The number of aromatic nitrogens is 4. The van der Waals surface area contributed by atoms with Gasteiger partial charge in [0.05, 0.1) is 43.0 Å². The molecular formula is C39H48N8O7. The predicted octanol–water partition coefficient (Wildman–Crippen LogP) is 5.11. The largest absolute Gasteiger partial charge is 0.465 e. The van der Waals surface area contributed by atoms with Crippen LogP contribution in [0.2, 0.25) is 0 Å². The van der Waals surface area contributed by atoms with Crippen LogP contribution >= 0.6 is 0 Å². The average Bonchev–Trinajstić information content (AvgIpc) is 4.02. The molecule has 4 aromatic rings. The van der Waals surface area contributed by atoms with Crippen molar-refractivity contribution in [2.75, 3.05) is 26.8 Å². The number of benzene rings is 2. The van der Waals surface area contributed by atoms with Gasteiger partial charge < -0.3 is 45.4 Å². The molecular weight excluding hydrogens is 692 g/mol. The molecule has 4 amide bonds. The molecule has 2 aliphatic rings. The van der Waals surface area contributed by atoms with Crippen LogP contribution in [0.4, 0.5) is 9.59 Å². The molecule has 6 rings (SSSR count). The number of aliphatic hydroxyl groups excluding tert-OH is 1. The quantitative estimate of drug-likeness (QED) is 0.114. The third kappa shape index (κ3) is 8.10. The van der Waals surface area contributed by atoms with Crippen LogP contribution in [-0.4, -0.2) is 103 Å². The lowest BCUT2D eigenvalue weighted by molar-refractivity contribution is -0.136. The van der Waals surface area contributed by atoms with Crippen LogP contribution in [0.25, 0.3) is 33.6 Å². The first-order chi connectivity index (χ1) is 26.0. The molecule has 0 saturated carbocycles. The number of aliphatic hydroxyl groups is 1. The number of methoxy groups -OCH3 is 1. The Morgan fingerprint density at radius 3 is 1.61 bits per heavy atom. The van der Waals surface area contributed by atoms with Crippen molar-refractivity contribution in [1.29, 1.82) is 0 Å². The first-order valence-electron chi connectivity index (χ1n) is 18.4. The Hall–Kier alpha value is -5.70. The number of imidazole rings is 2. The van der Waals surface area contributed by atoms with Gasteiger partial charge in [0.1, 0.15) is 23.7 Å². The molecule has 2 aliphatic heterocycles. The lowest BCUT2D eigenvalue weighted by Crippen LogP contribution is -2.52. The highest BCUT2D eigenvalue weighted by Crippen LogP contribution is 2.35. The second kappa shape index (κ2) is 16.5. The van der Waals surface area contributed by atoms with E-state index in [0.717, 1.165) is 59.3 Å². The Labute approximate surface area is 313 Å². The molecule has 2 aromatic carbocycles. The predicted molar refractivity (Wildman–Crippen MR) is 200 cm³/mol. The molecule has 0 aliphatic carbocycles. The fraction of sp³-hybridized carbons (Fsp3) is 0.436. The van der Waals surface area contributed by atoms with E-state index in [-0.39, 0.29) is 36.4 Å². The molecule has 0 bridgehead atoms. The minimum absolute atomic E-state index is 0.192. The Bertz CT molecular complexity index is 1940. The summed E-state index contributed by atoms with van der Waals surface area (Å²) in [7, 11) is 1.23. The van der Waals surface area contributed by atoms with Gasteiger partial charge in [-0.05, 0) is 53.9 Å². The van der Waals surface area contributed by atoms with Crippen LogP contribution in [-0.2, 0) is 14.3 Å². The molecule has 4 heterocycles. The van der Waals surface area contributed by atoms with Crippen molar-refractivity contribution in [1.82, 2.24) is 40.4 Å². The van der Waals surface area contributed by atoms with E-state index in [2.05, 4.69) is 30.6 Å². The maximum absolute atomic E-state index is 13.6. The smallest absolute Gasteiger partial charge is 0.407 e. The van der Waals surface area contributed by atoms with Crippen molar-refractivity contribution >= 4 is 24.0 Å². The summed E-state index contributed by atoms with van der Waals surface area (Å²) in [6.07, 6.45) is 4.63. The van der Waals surface area contributed by atoms with Crippen LogP contribution in [0, 0.1) is 11.8 Å². The third-order valence-electron chi connectivity index (χ3n) is 10.4. The number of hydrogen-bond donors (Lipinski definition) is 6. The van der Waals surface area contributed by atoms with Gasteiger partial charge in [0.2, 0.25) is 11.8 Å². The summed E-state index contributed by atoms with van der Waals surface area (Å²) in [6, 6.07) is 13.9. The van der Waals surface area contributed by atoms with Crippen LogP contribution in [0.5, 0.6) is 0 Å². The van der Waals surface area contributed by atoms with Crippen LogP contribution in [0.15, 0.2) is 60.9 Å². The van der Waals surface area contributed by atoms with Gasteiger partial charge in [-0.1, -0.05) is 69.3 Å². The fourth-order valence-corrected chi connectivity index (χ4v) is 7.36. The number of amides is 4. The van der Waals surface area contributed by atoms with Crippen molar-refractivity contribution < 1.29 is 34.1 Å². The van der Waals surface area contributed by atoms with Gasteiger partial charge >= 0.3 is 12.2 Å². The van der Waals surface area contributed by atoms with Crippen molar-refractivity contribution in [3.63, 3.8) is 0 Å². The molecule has 54 heavy (non-hydrogen) atoms. The van der Waals surface area contributed by atoms with E-state index in [4.69, 9.17) is 4.74 Å². The van der Waals surface area contributed by atoms with E-state index in [9.17, 15) is 29.4 Å². The van der Waals surface area contributed by atoms with Gasteiger partial charge in [0.25, 0.3) is 0 Å². The number of H-pyrrole nitrogens is 2. The molecule has 1 unspecified atom stereocenters. The summed E-state index contributed by atoms with van der Waals surface area (Å²) < 4.78 is 4.71. The number of aromatic amines is 2. The summed E-state index contributed by atoms with van der Waals surface area (Å²) in [6.45, 7) is 6.14.